The summed E-state index contributed by atoms with van der Waals surface area (Å²) in [7, 11) is 3.17. The van der Waals surface area contributed by atoms with Crippen LogP contribution in [0.3, 0.4) is 0 Å². The Hall–Kier alpha value is -2.09. The monoisotopic (exact) mass is 433 g/mol. The van der Waals surface area contributed by atoms with E-state index in [9.17, 15) is 9.59 Å². The number of allylic oxidation sites excluding steroid dienone is 2. The summed E-state index contributed by atoms with van der Waals surface area (Å²) in [6, 6.07) is 9.45. The molecule has 1 heterocycles. The molecule has 0 radical (unpaired) electrons. The van der Waals surface area contributed by atoms with Gasteiger partial charge in [-0.15, -0.1) is 11.8 Å². The molecule has 30 heavy (non-hydrogen) atoms. The van der Waals surface area contributed by atoms with Crippen LogP contribution < -0.4 is 0 Å². The second-order valence-electron chi connectivity index (χ2n) is 7.33. The molecule has 2 atom stereocenters. The molecule has 1 fully saturated rings. The topological polar surface area (TPSA) is 65.1 Å². The minimum atomic E-state index is -0.956. The lowest BCUT2D eigenvalue weighted by Crippen LogP contribution is -2.49. The first-order valence-electron chi connectivity index (χ1n) is 9.90. The van der Waals surface area contributed by atoms with Gasteiger partial charge in [0, 0.05) is 20.6 Å². The van der Waals surface area contributed by atoms with Gasteiger partial charge >= 0.3 is 6.09 Å². The lowest BCUT2D eigenvalue weighted by atomic mass is 10.0. The molecule has 2 amide bonds. The maximum Gasteiger partial charge on any atom is 0.417 e. The van der Waals surface area contributed by atoms with E-state index < -0.39 is 10.8 Å². The van der Waals surface area contributed by atoms with Gasteiger partial charge in [-0.3, -0.25) is 4.79 Å². The molecular weight excluding hydrogens is 402 g/mol. The first-order valence-corrected chi connectivity index (χ1v) is 10.9. The lowest BCUT2D eigenvalue weighted by molar-refractivity contribution is -0.130. The minimum absolute atomic E-state index is 0.194. The molecule has 1 aromatic carbocycles. The Kier molecular flexibility index (Phi) is 9.14. The van der Waals surface area contributed by atoms with Crippen LogP contribution in [-0.4, -0.2) is 60.6 Å². The van der Waals surface area contributed by atoms with E-state index in [0.29, 0.717) is 18.6 Å². The van der Waals surface area contributed by atoms with Crippen LogP contribution in [0.2, 0.25) is 0 Å². The number of rotatable bonds is 11. The second kappa shape index (κ2) is 11.3. The molecule has 7 heteroatoms. The van der Waals surface area contributed by atoms with Crippen molar-refractivity contribution in [2.45, 2.75) is 43.8 Å². The number of methoxy groups -OCH3 is 2. The van der Waals surface area contributed by atoms with E-state index in [1.54, 1.807) is 20.3 Å². The summed E-state index contributed by atoms with van der Waals surface area (Å²) in [5.41, 5.74) is 1.91. The number of carbonyl (C=O) groups is 2. The van der Waals surface area contributed by atoms with Crippen LogP contribution in [0, 0.1) is 0 Å². The van der Waals surface area contributed by atoms with Gasteiger partial charge in [0.1, 0.15) is 11.4 Å². The van der Waals surface area contributed by atoms with Crippen molar-refractivity contribution in [3.05, 3.63) is 60.2 Å². The molecule has 1 aliphatic rings. The largest absolute Gasteiger partial charge is 0.447 e. The average Bonchev–Trinajstić information content (AvgIpc) is 3.11. The predicted molar refractivity (Wildman–Crippen MR) is 119 cm³/mol. The van der Waals surface area contributed by atoms with Crippen molar-refractivity contribution in [2.75, 3.05) is 26.6 Å². The van der Waals surface area contributed by atoms with Crippen molar-refractivity contribution < 1.29 is 23.8 Å². The van der Waals surface area contributed by atoms with Gasteiger partial charge < -0.3 is 14.2 Å². The van der Waals surface area contributed by atoms with E-state index in [4.69, 9.17) is 14.2 Å². The van der Waals surface area contributed by atoms with E-state index >= 15 is 0 Å². The molecule has 164 valence electrons. The molecular formula is C23H31NO5S. The van der Waals surface area contributed by atoms with Gasteiger partial charge in [-0.25, -0.2) is 9.69 Å². The standard InChI is InChI=1S/C23H31NO5S/c1-6-17(2)15-23(3,30-13-12-20(27-4)28-5)21(25)24-19(16-29-22(24)26)14-18-10-8-7-9-11-18/h6-11,15,19-20H,1,12-14,16H2,2-5H3/b17-15+/t19-,23-/m1/s1. The van der Waals surface area contributed by atoms with Crippen molar-refractivity contribution in [1.82, 2.24) is 4.90 Å². The Morgan fingerprint density at radius 3 is 2.63 bits per heavy atom. The number of hydrogen-bond donors (Lipinski definition) is 0. The Morgan fingerprint density at radius 1 is 1.37 bits per heavy atom. The van der Waals surface area contributed by atoms with Gasteiger partial charge in [0.15, 0.2) is 6.29 Å². The zero-order valence-electron chi connectivity index (χ0n) is 18.1. The van der Waals surface area contributed by atoms with Crippen LogP contribution in [-0.2, 0) is 25.4 Å². The summed E-state index contributed by atoms with van der Waals surface area (Å²) in [5.74, 6) is 0.324. The van der Waals surface area contributed by atoms with Crippen LogP contribution in [0.5, 0.6) is 0 Å². The molecule has 1 aromatic rings. The first kappa shape index (κ1) is 24.2. The maximum absolute atomic E-state index is 13.6. The molecule has 0 aliphatic carbocycles. The normalized spacial score (nSPS) is 19.0. The van der Waals surface area contributed by atoms with Crippen molar-refractivity contribution >= 4 is 23.8 Å². The van der Waals surface area contributed by atoms with E-state index in [1.165, 1.54) is 16.7 Å². The van der Waals surface area contributed by atoms with E-state index in [0.717, 1.165) is 11.1 Å². The first-order chi connectivity index (χ1) is 14.3. The molecule has 2 rings (SSSR count). The zero-order chi connectivity index (χ0) is 22.1. The van der Waals surface area contributed by atoms with Crippen LogP contribution in [0.25, 0.3) is 0 Å². The number of cyclic esters (lactones) is 1. The minimum Gasteiger partial charge on any atom is -0.447 e. The fourth-order valence-corrected chi connectivity index (χ4v) is 4.57. The van der Waals surface area contributed by atoms with Gasteiger partial charge in [-0.05, 0) is 31.6 Å². The predicted octanol–water partition coefficient (Wildman–Crippen LogP) is 4.21. The number of ether oxygens (including phenoxy) is 3. The fourth-order valence-electron chi connectivity index (χ4n) is 3.34. The van der Waals surface area contributed by atoms with E-state index in [-0.39, 0.29) is 24.8 Å². The van der Waals surface area contributed by atoms with Gasteiger partial charge in [0.05, 0.1) is 6.04 Å². The van der Waals surface area contributed by atoms with Crippen LogP contribution >= 0.6 is 11.8 Å². The highest BCUT2D eigenvalue weighted by Gasteiger charge is 2.45. The second-order valence-corrected chi connectivity index (χ2v) is 8.88. The quantitative estimate of drug-likeness (QED) is 0.385. The van der Waals surface area contributed by atoms with E-state index in [2.05, 4.69) is 6.58 Å². The number of carbonyl (C=O) groups excluding carboxylic acids is 2. The number of imide groups is 1. The van der Waals surface area contributed by atoms with Crippen molar-refractivity contribution in [3.63, 3.8) is 0 Å². The third-order valence-corrected chi connectivity index (χ3v) is 6.36. The third-order valence-electron chi connectivity index (χ3n) is 5.02. The van der Waals surface area contributed by atoms with Gasteiger partial charge in [-0.2, -0.15) is 0 Å². The summed E-state index contributed by atoms with van der Waals surface area (Å²) in [5, 5.41) is 0. The number of amides is 2. The Bertz CT molecular complexity index is 762. The van der Waals surface area contributed by atoms with Crippen molar-refractivity contribution in [2.24, 2.45) is 0 Å². The number of hydrogen-bond acceptors (Lipinski definition) is 6. The molecule has 1 saturated heterocycles. The molecule has 1 aliphatic heterocycles. The van der Waals surface area contributed by atoms with Crippen molar-refractivity contribution in [3.8, 4) is 0 Å². The SMILES string of the molecule is C=C/C(C)=C/[C@@](C)(SCCC(OC)OC)C(=O)N1C(=O)OC[C@H]1Cc1ccccc1. The molecule has 6 nitrogen and oxygen atoms in total. The zero-order valence-corrected chi connectivity index (χ0v) is 18.9. The van der Waals surface area contributed by atoms with Crippen LogP contribution in [0.15, 0.2) is 54.6 Å². The number of benzene rings is 1. The highest BCUT2D eigenvalue weighted by atomic mass is 32.2. The van der Waals surface area contributed by atoms with Crippen LogP contribution in [0.1, 0.15) is 25.8 Å². The summed E-state index contributed by atoms with van der Waals surface area (Å²) in [6.45, 7) is 7.69. The van der Waals surface area contributed by atoms with Gasteiger partial charge in [0.25, 0.3) is 5.91 Å². The molecule has 0 bridgehead atoms. The van der Waals surface area contributed by atoms with Crippen LogP contribution in [0.4, 0.5) is 4.79 Å². The van der Waals surface area contributed by atoms with Crippen molar-refractivity contribution in [1.29, 1.82) is 0 Å². The molecule has 0 aromatic heterocycles. The summed E-state index contributed by atoms with van der Waals surface area (Å²) in [4.78, 5) is 27.4. The fraction of sp³-hybridized carbons (Fsp3) is 0.478. The number of thioether (sulfide) groups is 1. The maximum atomic E-state index is 13.6. The highest BCUT2D eigenvalue weighted by molar-refractivity contribution is 8.01. The summed E-state index contributed by atoms with van der Waals surface area (Å²) < 4.78 is 14.8. The lowest BCUT2D eigenvalue weighted by Gasteiger charge is -2.31. The summed E-state index contributed by atoms with van der Waals surface area (Å²) >= 11 is 1.45. The summed E-state index contributed by atoms with van der Waals surface area (Å²) in [6.07, 6.45) is 3.78. The van der Waals surface area contributed by atoms with Gasteiger partial charge in [0.2, 0.25) is 0 Å². The molecule has 0 unspecified atom stereocenters. The Morgan fingerprint density at radius 2 is 2.03 bits per heavy atom. The van der Waals surface area contributed by atoms with E-state index in [1.807, 2.05) is 50.3 Å². The number of nitrogens with zero attached hydrogens (tertiary/aromatic N) is 1. The Balaban J connectivity index is 2.23. The molecule has 0 saturated carbocycles. The molecule has 0 N–H and O–H groups in total. The smallest absolute Gasteiger partial charge is 0.417 e. The average molecular weight is 434 g/mol. The van der Waals surface area contributed by atoms with Gasteiger partial charge in [-0.1, -0.05) is 54.6 Å². The highest BCUT2D eigenvalue weighted by Crippen LogP contribution is 2.34. The third kappa shape index (κ3) is 6.20. The molecule has 0 spiro atoms. The Labute approximate surface area is 183 Å².